The lowest BCUT2D eigenvalue weighted by molar-refractivity contribution is -0.123. The predicted molar refractivity (Wildman–Crippen MR) is 80.4 cm³/mol. The molecule has 2 rings (SSSR count). The fraction of sp³-hybridized carbons (Fsp3) is 0.667. The molecule has 0 aliphatic heterocycles. The Bertz CT molecular complexity index is 410. The maximum atomic E-state index is 12.1. The number of hydrogen-bond donors (Lipinski definition) is 2. The second-order valence-electron chi connectivity index (χ2n) is 5.53. The predicted octanol–water partition coefficient (Wildman–Crippen LogP) is 2.98. The molecule has 2 N–H and O–H groups in total. The average molecular weight is 280 g/mol. The first-order valence-corrected chi connectivity index (χ1v) is 8.16. The summed E-state index contributed by atoms with van der Waals surface area (Å²) >= 11 is 1.71. The fourth-order valence-electron chi connectivity index (χ4n) is 2.50. The van der Waals surface area contributed by atoms with Crippen molar-refractivity contribution in [3.05, 3.63) is 21.9 Å². The van der Waals surface area contributed by atoms with Crippen LogP contribution in [0.25, 0.3) is 0 Å². The zero-order chi connectivity index (χ0) is 13.7. The molecule has 0 bridgehead atoms. The minimum Gasteiger partial charge on any atom is -0.352 e. The van der Waals surface area contributed by atoms with Gasteiger partial charge in [0, 0.05) is 12.6 Å². The Hall–Kier alpha value is -0.870. The molecule has 0 radical (unpaired) electrons. The molecule has 1 unspecified atom stereocenters. The summed E-state index contributed by atoms with van der Waals surface area (Å²) in [5.41, 5.74) is 2.60. The molecule has 1 amide bonds. The van der Waals surface area contributed by atoms with Crippen molar-refractivity contribution in [2.75, 3.05) is 0 Å². The van der Waals surface area contributed by atoms with Gasteiger partial charge in [-0.1, -0.05) is 19.3 Å². The monoisotopic (exact) mass is 280 g/mol. The zero-order valence-corrected chi connectivity index (χ0v) is 12.7. The molecule has 106 valence electrons. The number of thiophene rings is 1. The molecule has 1 aliphatic rings. The summed E-state index contributed by atoms with van der Waals surface area (Å²) in [4.78, 5) is 12.1. The van der Waals surface area contributed by atoms with Crippen LogP contribution in [0.1, 0.15) is 50.2 Å². The number of hydrogen-bond acceptors (Lipinski definition) is 3. The summed E-state index contributed by atoms with van der Waals surface area (Å²) in [6.45, 7) is 4.83. The van der Waals surface area contributed by atoms with E-state index in [9.17, 15) is 4.79 Å². The van der Waals surface area contributed by atoms with E-state index in [1.54, 1.807) is 11.3 Å². The van der Waals surface area contributed by atoms with Crippen LogP contribution in [0.15, 0.2) is 10.8 Å². The van der Waals surface area contributed by atoms with Crippen molar-refractivity contribution in [3.63, 3.8) is 0 Å². The molecule has 3 nitrogen and oxygen atoms in total. The van der Waals surface area contributed by atoms with Gasteiger partial charge >= 0.3 is 0 Å². The van der Waals surface area contributed by atoms with Crippen LogP contribution in [0.4, 0.5) is 0 Å². The molecule has 1 aromatic heterocycles. The summed E-state index contributed by atoms with van der Waals surface area (Å²) in [5, 5.41) is 10.8. The summed E-state index contributed by atoms with van der Waals surface area (Å²) in [7, 11) is 0. The first-order chi connectivity index (χ1) is 9.16. The molecule has 1 fully saturated rings. The molecule has 0 saturated heterocycles. The van der Waals surface area contributed by atoms with E-state index in [0.717, 1.165) is 19.4 Å². The van der Waals surface area contributed by atoms with Gasteiger partial charge in [-0.25, -0.2) is 0 Å². The maximum absolute atomic E-state index is 12.1. The van der Waals surface area contributed by atoms with Crippen LogP contribution in [0, 0.1) is 6.92 Å². The Kier molecular flexibility index (Phi) is 5.40. The lowest BCUT2D eigenvalue weighted by Gasteiger charge is -2.24. The van der Waals surface area contributed by atoms with Crippen molar-refractivity contribution in [1.29, 1.82) is 0 Å². The first-order valence-electron chi connectivity index (χ1n) is 7.22. The minimum atomic E-state index is -0.124. The van der Waals surface area contributed by atoms with Crippen LogP contribution < -0.4 is 10.6 Å². The van der Waals surface area contributed by atoms with Crippen LogP contribution in [-0.2, 0) is 11.3 Å². The molecule has 0 spiro atoms. The van der Waals surface area contributed by atoms with Gasteiger partial charge in [0.15, 0.2) is 0 Å². The van der Waals surface area contributed by atoms with E-state index >= 15 is 0 Å². The second kappa shape index (κ2) is 7.06. The Morgan fingerprint density at radius 2 is 2.11 bits per heavy atom. The first kappa shape index (κ1) is 14.5. The Morgan fingerprint density at radius 3 is 2.74 bits per heavy atom. The van der Waals surface area contributed by atoms with Gasteiger partial charge in [-0.05, 0) is 48.6 Å². The highest BCUT2D eigenvalue weighted by Gasteiger charge is 2.19. The van der Waals surface area contributed by atoms with Gasteiger partial charge in [-0.2, -0.15) is 11.3 Å². The molecule has 0 aromatic carbocycles. The van der Waals surface area contributed by atoms with Crippen molar-refractivity contribution in [3.8, 4) is 0 Å². The van der Waals surface area contributed by atoms with E-state index in [0.29, 0.717) is 6.04 Å². The van der Waals surface area contributed by atoms with E-state index in [1.807, 2.05) is 6.92 Å². The molecule has 1 atom stereocenters. The minimum absolute atomic E-state index is 0.124. The summed E-state index contributed by atoms with van der Waals surface area (Å²) < 4.78 is 0. The van der Waals surface area contributed by atoms with Gasteiger partial charge in [-0.3, -0.25) is 4.79 Å². The van der Waals surface area contributed by atoms with Gasteiger partial charge in [0.1, 0.15) is 0 Å². The highest BCUT2D eigenvalue weighted by Crippen LogP contribution is 2.17. The van der Waals surface area contributed by atoms with Gasteiger partial charge in [0.2, 0.25) is 5.91 Å². The highest BCUT2D eigenvalue weighted by molar-refractivity contribution is 7.08. The largest absolute Gasteiger partial charge is 0.352 e. The van der Waals surface area contributed by atoms with E-state index in [2.05, 4.69) is 28.3 Å². The maximum Gasteiger partial charge on any atom is 0.237 e. The molecule has 19 heavy (non-hydrogen) atoms. The van der Waals surface area contributed by atoms with E-state index in [4.69, 9.17) is 0 Å². The molecular formula is C15H24N2OS. The molecule has 1 aromatic rings. The fourth-order valence-corrected chi connectivity index (χ4v) is 3.35. The Labute approximate surface area is 119 Å². The van der Waals surface area contributed by atoms with E-state index in [1.165, 1.54) is 30.4 Å². The Morgan fingerprint density at radius 1 is 1.37 bits per heavy atom. The van der Waals surface area contributed by atoms with E-state index in [-0.39, 0.29) is 11.9 Å². The SMILES string of the molecule is Cc1cscc1CNC(C)C(=O)NC1CCCCC1. The van der Waals surface area contributed by atoms with Gasteiger partial charge in [-0.15, -0.1) is 0 Å². The van der Waals surface area contributed by atoms with Crippen molar-refractivity contribution in [2.45, 2.75) is 64.6 Å². The van der Waals surface area contributed by atoms with Crippen LogP contribution in [-0.4, -0.2) is 18.0 Å². The average Bonchev–Trinajstić information content (AvgIpc) is 2.82. The van der Waals surface area contributed by atoms with Crippen LogP contribution in [0.3, 0.4) is 0 Å². The zero-order valence-electron chi connectivity index (χ0n) is 11.9. The number of amides is 1. The normalized spacial score (nSPS) is 18.2. The Balaban J connectivity index is 1.74. The molecule has 4 heteroatoms. The highest BCUT2D eigenvalue weighted by atomic mass is 32.1. The quantitative estimate of drug-likeness (QED) is 0.870. The lowest BCUT2D eigenvalue weighted by Crippen LogP contribution is -2.46. The molecule has 1 aliphatic carbocycles. The number of carbonyl (C=O) groups is 1. The van der Waals surface area contributed by atoms with Crippen molar-refractivity contribution in [1.82, 2.24) is 10.6 Å². The van der Waals surface area contributed by atoms with Gasteiger partial charge in [0.05, 0.1) is 6.04 Å². The van der Waals surface area contributed by atoms with Crippen molar-refractivity contribution >= 4 is 17.2 Å². The standard InChI is InChI=1S/C15H24N2OS/c1-11-9-19-10-13(11)8-16-12(2)15(18)17-14-6-4-3-5-7-14/h9-10,12,14,16H,3-8H2,1-2H3,(H,17,18). The van der Waals surface area contributed by atoms with Crippen LogP contribution in [0.2, 0.25) is 0 Å². The number of aryl methyl sites for hydroxylation is 1. The summed E-state index contributed by atoms with van der Waals surface area (Å²) in [5.74, 6) is 0.139. The van der Waals surface area contributed by atoms with E-state index < -0.39 is 0 Å². The third kappa shape index (κ3) is 4.32. The van der Waals surface area contributed by atoms with Crippen LogP contribution in [0.5, 0.6) is 0 Å². The number of rotatable bonds is 5. The molecule has 1 heterocycles. The van der Waals surface area contributed by atoms with Gasteiger partial charge < -0.3 is 10.6 Å². The smallest absolute Gasteiger partial charge is 0.237 e. The number of nitrogens with one attached hydrogen (secondary N) is 2. The van der Waals surface area contributed by atoms with Gasteiger partial charge in [0.25, 0.3) is 0 Å². The summed E-state index contributed by atoms with van der Waals surface area (Å²) in [6, 6.07) is 0.273. The number of carbonyl (C=O) groups excluding carboxylic acids is 1. The molecule has 1 saturated carbocycles. The third-order valence-corrected chi connectivity index (χ3v) is 4.82. The lowest BCUT2D eigenvalue weighted by atomic mass is 9.95. The van der Waals surface area contributed by atoms with Crippen molar-refractivity contribution < 1.29 is 4.79 Å². The third-order valence-electron chi connectivity index (χ3n) is 3.91. The molecular weight excluding hydrogens is 256 g/mol. The second-order valence-corrected chi connectivity index (χ2v) is 6.27. The summed E-state index contributed by atoms with van der Waals surface area (Å²) in [6.07, 6.45) is 6.10. The van der Waals surface area contributed by atoms with Crippen LogP contribution >= 0.6 is 11.3 Å². The topological polar surface area (TPSA) is 41.1 Å². The van der Waals surface area contributed by atoms with Crippen molar-refractivity contribution in [2.24, 2.45) is 0 Å².